The number of fused-ring (bicyclic) bond motifs is 1. The van der Waals surface area contributed by atoms with E-state index < -0.39 is 29.3 Å². The number of hydrogen-bond donors (Lipinski definition) is 3. The smallest absolute Gasteiger partial charge is 0.392 e. The Balaban J connectivity index is 2.01. The predicted molar refractivity (Wildman–Crippen MR) is 105 cm³/mol. The van der Waals surface area contributed by atoms with Crippen LogP contribution < -0.4 is 5.32 Å². The molecule has 3 N–H and O–H groups in total. The number of carbonyl (C=O) groups is 1. The van der Waals surface area contributed by atoms with Crippen molar-refractivity contribution in [2.75, 3.05) is 5.32 Å². The second-order valence-corrected chi connectivity index (χ2v) is 7.45. The van der Waals surface area contributed by atoms with E-state index in [1.807, 2.05) is 26.8 Å². The van der Waals surface area contributed by atoms with E-state index in [0.29, 0.717) is 11.3 Å². The van der Waals surface area contributed by atoms with E-state index in [2.05, 4.69) is 25.3 Å². The molecule has 0 aliphatic rings. The van der Waals surface area contributed by atoms with Gasteiger partial charge in [-0.15, -0.1) is 0 Å². The van der Waals surface area contributed by atoms with Crippen LogP contribution >= 0.6 is 0 Å². The Hall–Kier alpha value is -3.01. The largest absolute Gasteiger partial charge is 0.434 e. The van der Waals surface area contributed by atoms with Crippen LogP contribution in [0.15, 0.2) is 18.3 Å². The van der Waals surface area contributed by atoms with Crippen molar-refractivity contribution in [1.29, 1.82) is 0 Å². The fourth-order valence-corrected chi connectivity index (χ4v) is 3.16. The van der Waals surface area contributed by atoms with Gasteiger partial charge in [0.25, 0.3) is 0 Å². The maximum absolute atomic E-state index is 13.3. The third kappa shape index (κ3) is 4.28. The number of nitrogens with zero attached hydrogens (tertiary/aromatic N) is 3. The number of nitrogens with one attached hydrogen (secondary N) is 2. The van der Waals surface area contributed by atoms with Gasteiger partial charge in [-0.25, -0.2) is 15.0 Å². The molecule has 0 fully saturated rings. The second-order valence-electron chi connectivity index (χ2n) is 7.45. The number of halogens is 3. The summed E-state index contributed by atoms with van der Waals surface area (Å²) >= 11 is 0. The molecule has 0 aliphatic heterocycles. The maximum atomic E-state index is 13.3. The summed E-state index contributed by atoms with van der Waals surface area (Å²) in [5.41, 5.74) is 1.17. The lowest BCUT2D eigenvalue weighted by Crippen LogP contribution is -2.22. The molecule has 0 saturated carbocycles. The molecule has 3 rings (SSSR count). The van der Waals surface area contributed by atoms with Crippen molar-refractivity contribution in [2.45, 2.75) is 46.5 Å². The Morgan fingerprint density at radius 3 is 2.53 bits per heavy atom. The average Bonchev–Trinajstić information content (AvgIpc) is 3.06. The molecule has 1 aromatic carbocycles. The van der Waals surface area contributed by atoms with E-state index in [0.717, 1.165) is 29.8 Å². The molecule has 0 spiro atoms. The molecular formula is C20H22F3N5O2. The van der Waals surface area contributed by atoms with Crippen LogP contribution in [-0.4, -0.2) is 30.8 Å². The number of carbonyl (C=O) groups excluding carboxylic acids is 1. The van der Waals surface area contributed by atoms with Crippen LogP contribution in [0.5, 0.6) is 0 Å². The molecule has 0 saturated heterocycles. The van der Waals surface area contributed by atoms with Gasteiger partial charge in [0.1, 0.15) is 5.82 Å². The number of aliphatic hydroxyl groups excluding tert-OH is 1. The van der Waals surface area contributed by atoms with E-state index in [4.69, 9.17) is 0 Å². The van der Waals surface area contributed by atoms with Gasteiger partial charge in [0.15, 0.2) is 11.5 Å². The monoisotopic (exact) mass is 421 g/mol. The highest BCUT2D eigenvalue weighted by Crippen LogP contribution is 2.32. The standard InChI is InChI=1S/C20H22F3N5O2/c1-9(2)16(18-25-14-5-10(3)12(8-29)6-15(14)26-18)27-19-24-7-13(11(4)30)17(28-19)20(21,22)23/h5-7,9,16,29H,8H2,1-4H3,(H,25,26)(H,24,27,28)/t16-/m0/s1. The first-order valence-electron chi connectivity index (χ1n) is 9.33. The number of anilines is 1. The zero-order valence-corrected chi connectivity index (χ0v) is 16.9. The van der Waals surface area contributed by atoms with Gasteiger partial charge in [-0.2, -0.15) is 13.2 Å². The van der Waals surface area contributed by atoms with Crippen molar-refractivity contribution < 1.29 is 23.1 Å². The van der Waals surface area contributed by atoms with Crippen LogP contribution in [0.25, 0.3) is 11.0 Å². The maximum Gasteiger partial charge on any atom is 0.434 e. The summed E-state index contributed by atoms with van der Waals surface area (Å²) in [6, 6.07) is 3.11. The van der Waals surface area contributed by atoms with Gasteiger partial charge in [-0.05, 0) is 43.0 Å². The predicted octanol–water partition coefficient (Wildman–Crippen LogP) is 4.18. The summed E-state index contributed by atoms with van der Waals surface area (Å²) in [7, 11) is 0. The number of H-pyrrole nitrogens is 1. The highest BCUT2D eigenvalue weighted by molar-refractivity contribution is 5.95. The summed E-state index contributed by atoms with van der Waals surface area (Å²) in [5.74, 6) is -0.586. The van der Waals surface area contributed by atoms with E-state index in [-0.39, 0.29) is 18.5 Å². The summed E-state index contributed by atoms with van der Waals surface area (Å²) in [6.45, 7) is 6.54. The number of aromatic nitrogens is 4. The van der Waals surface area contributed by atoms with Gasteiger partial charge in [0.2, 0.25) is 5.95 Å². The molecule has 0 amide bonds. The highest BCUT2D eigenvalue weighted by atomic mass is 19.4. The van der Waals surface area contributed by atoms with Crippen molar-refractivity contribution in [3.63, 3.8) is 0 Å². The normalized spacial score (nSPS) is 13.1. The lowest BCUT2D eigenvalue weighted by atomic mass is 10.0. The lowest BCUT2D eigenvalue weighted by Gasteiger charge is -2.21. The second kappa shape index (κ2) is 8.02. The third-order valence-electron chi connectivity index (χ3n) is 4.81. The number of aliphatic hydroxyl groups is 1. The fraction of sp³-hybridized carbons (Fsp3) is 0.400. The number of aryl methyl sites for hydroxylation is 1. The van der Waals surface area contributed by atoms with Gasteiger partial charge in [-0.1, -0.05) is 13.8 Å². The molecule has 7 nitrogen and oxygen atoms in total. The summed E-state index contributed by atoms with van der Waals surface area (Å²) in [5, 5.41) is 12.3. The average molecular weight is 421 g/mol. The van der Waals surface area contributed by atoms with Crippen molar-refractivity contribution >= 4 is 22.8 Å². The number of benzene rings is 1. The number of imidazole rings is 1. The van der Waals surface area contributed by atoms with Crippen molar-refractivity contribution in [3.8, 4) is 0 Å². The molecule has 0 aliphatic carbocycles. The Morgan fingerprint density at radius 2 is 1.97 bits per heavy atom. The Kier molecular flexibility index (Phi) is 5.80. The molecule has 0 unspecified atom stereocenters. The number of ketones is 1. The third-order valence-corrected chi connectivity index (χ3v) is 4.81. The number of hydrogen-bond acceptors (Lipinski definition) is 6. The quantitative estimate of drug-likeness (QED) is 0.516. The summed E-state index contributed by atoms with van der Waals surface area (Å²) in [4.78, 5) is 26.7. The van der Waals surface area contributed by atoms with Crippen LogP contribution in [0.3, 0.4) is 0 Å². The van der Waals surface area contributed by atoms with Crippen LogP contribution in [0, 0.1) is 12.8 Å². The lowest BCUT2D eigenvalue weighted by molar-refractivity contribution is -0.141. The minimum absolute atomic E-state index is 0.0746. The molecule has 1 atom stereocenters. The van der Waals surface area contributed by atoms with Crippen LogP contribution in [-0.2, 0) is 12.8 Å². The van der Waals surface area contributed by atoms with E-state index in [9.17, 15) is 23.1 Å². The fourth-order valence-electron chi connectivity index (χ4n) is 3.16. The Labute approximate surface area is 170 Å². The van der Waals surface area contributed by atoms with E-state index >= 15 is 0 Å². The number of rotatable bonds is 6. The molecule has 3 aromatic rings. The SMILES string of the molecule is CC(=O)c1cnc(N[C@H](c2nc3cc(CO)c(C)cc3[nH]2)C(C)C)nc1C(F)(F)F. The summed E-state index contributed by atoms with van der Waals surface area (Å²) < 4.78 is 40.0. The highest BCUT2D eigenvalue weighted by Gasteiger charge is 2.37. The molecule has 2 aromatic heterocycles. The number of alkyl halides is 3. The van der Waals surface area contributed by atoms with Gasteiger partial charge < -0.3 is 15.4 Å². The molecular weight excluding hydrogens is 399 g/mol. The summed E-state index contributed by atoms with van der Waals surface area (Å²) in [6.07, 6.45) is -3.90. The molecule has 160 valence electrons. The first-order valence-corrected chi connectivity index (χ1v) is 9.33. The van der Waals surface area contributed by atoms with E-state index in [1.165, 1.54) is 0 Å². The van der Waals surface area contributed by atoms with Gasteiger partial charge in [-0.3, -0.25) is 4.79 Å². The molecule has 0 radical (unpaired) electrons. The van der Waals surface area contributed by atoms with Crippen LogP contribution in [0.1, 0.15) is 59.8 Å². The van der Waals surface area contributed by atoms with Gasteiger partial charge in [0, 0.05) is 6.20 Å². The first-order chi connectivity index (χ1) is 14.0. The van der Waals surface area contributed by atoms with E-state index in [1.54, 1.807) is 6.07 Å². The van der Waals surface area contributed by atoms with Crippen molar-refractivity contribution in [1.82, 2.24) is 19.9 Å². The topological polar surface area (TPSA) is 104 Å². The van der Waals surface area contributed by atoms with Crippen LogP contribution in [0.2, 0.25) is 0 Å². The first kappa shape index (κ1) is 21.7. The van der Waals surface area contributed by atoms with Crippen molar-refractivity contribution in [3.05, 3.63) is 46.5 Å². The zero-order chi connectivity index (χ0) is 22.2. The molecule has 10 heteroatoms. The molecule has 0 bridgehead atoms. The molecule has 2 heterocycles. The van der Waals surface area contributed by atoms with Crippen LogP contribution in [0.4, 0.5) is 19.1 Å². The number of Topliss-reactive ketones (excluding diaryl/α,β-unsaturated/α-hetero) is 1. The number of aromatic amines is 1. The Bertz CT molecular complexity index is 1090. The van der Waals surface area contributed by atoms with Crippen molar-refractivity contribution in [2.24, 2.45) is 5.92 Å². The minimum Gasteiger partial charge on any atom is -0.392 e. The zero-order valence-electron chi connectivity index (χ0n) is 16.9. The molecule has 30 heavy (non-hydrogen) atoms. The van der Waals surface area contributed by atoms with Gasteiger partial charge in [0.05, 0.1) is 29.2 Å². The van der Waals surface area contributed by atoms with Gasteiger partial charge >= 0.3 is 6.18 Å². The Morgan fingerprint density at radius 1 is 1.27 bits per heavy atom. The minimum atomic E-state index is -4.79.